The van der Waals surface area contributed by atoms with Gasteiger partial charge in [-0.05, 0) is 31.2 Å². The van der Waals surface area contributed by atoms with Crippen molar-refractivity contribution in [1.29, 1.82) is 0 Å². The zero-order valence-corrected chi connectivity index (χ0v) is 14.1. The Labute approximate surface area is 145 Å². The predicted octanol–water partition coefficient (Wildman–Crippen LogP) is 3.78. The molecule has 0 unspecified atom stereocenters. The first-order valence-corrected chi connectivity index (χ1v) is 7.59. The van der Waals surface area contributed by atoms with Gasteiger partial charge in [0.25, 0.3) is 0 Å². The molecule has 2 aromatic rings. The lowest BCUT2D eigenvalue weighted by Crippen LogP contribution is -2.23. The summed E-state index contributed by atoms with van der Waals surface area (Å²) in [5.41, 5.74) is 0.420. The highest BCUT2D eigenvalue weighted by atomic mass is 79.9. The minimum atomic E-state index is -0.964. The molecule has 24 heavy (non-hydrogen) atoms. The molecular weight excluding hydrogens is 382 g/mol. The van der Waals surface area contributed by atoms with Crippen molar-refractivity contribution in [2.75, 3.05) is 0 Å². The SMILES string of the molecule is C[C@H](OC(=O)/C=C/c1ccc([N+](=O)[O-])o1)C(=O)c1ccc(Br)cc1. The van der Waals surface area contributed by atoms with Gasteiger partial charge in [-0.2, -0.15) is 0 Å². The van der Waals surface area contributed by atoms with E-state index in [9.17, 15) is 19.7 Å². The normalized spacial score (nSPS) is 12.1. The van der Waals surface area contributed by atoms with Crippen LogP contribution in [0.4, 0.5) is 5.88 Å². The Hall–Kier alpha value is -2.74. The van der Waals surface area contributed by atoms with E-state index in [-0.39, 0.29) is 11.5 Å². The third-order valence-corrected chi connectivity index (χ3v) is 3.50. The second kappa shape index (κ2) is 7.69. The summed E-state index contributed by atoms with van der Waals surface area (Å²) in [6.45, 7) is 1.47. The van der Waals surface area contributed by atoms with E-state index in [1.54, 1.807) is 24.3 Å². The van der Waals surface area contributed by atoms with E-state index in [4.69, 9.17) is 9.15 Å². The number of ether oxygens (including phenoxy) is 1. The van der Waals surface area contributed by atoms with Gasteiger partial charge < -0.3 is 9.15 Å². The number of benzene rings is 1. The van der Waals surface area contributed by atoms with Crippen LogP contribution in [0.2, 0.25) is 0 Å². The fourth-order valence-electron chi connectivity index (χ4n) is 1.80. The van der Waals surface area contributed by atoms with Gasteiger partial charge in [0.15, 0.2) is 6.10 Å². The molecule has 0 aliphatic carbocycles. The molecule has 0 aliphatic heterocycles. The van der Waals surface area contributed by atoms with Crippen LogP contribution >= 0.6 is 15.9 Å². The quantitative estimate of drug-likeness (QED) is 0.243. The Balaban J connectivity index is 1.95. The zero-order valence-electron chi connectivity index (χ0n) is 12.5. The monoisotopic (exact) mass is 393 g/mol. The minimum absolute atomic E-state index is 0.130. The smallest absolute Gasteiger partial charge is 0.433 e. The second-order valence-electron chi connectivity index (χ2n) is 4.72. The second-order valence-corrected chi connectivity index (χ2v) is 5.63. The highest BCUT2D eigenvalue weighted by Gasteiger charge is 2.18. The van der Waals surface area contributed by atoms with Crippen LogP contribution in [0.15, 0.2) is 51.4 Å². The molecule has 0 bridgehead atoms. The van der Waals surface area contributed by atoms with E-state index in [1.165, 1.54) is 25.1 Å². The van der Waals surface area contributed by atoms with Crippen LogP contribution in [0, 0.1) is 10.1 Å². The molecule has 1 heterocycles. The molecule has 0 saturated heterocycles. The molecule has 2 rings (SSSR count). The average molecular weight is 394 g/mol. The number of hydrogen-bond acceptors (Lipinski definition) is 6. The molecule has 1 aromatic carbocycles. The number of rotatable bonds is 6. The van der Waals surface area contributed by atoms with Gasteiger partial charge in [-0.25, -0.2) is 4.79 Å². The molecular formula is C16H12BrNO6. The lowest BCUT2D eigenvalue weighted by molar-refractivity contribution is -0.402. The molecule has 1 atom stereocenters. The van der Waals surface area contributed by atoms with Crippen molar-refractivity contribution in [1.82, 2.24) is 0 Å². The molecule has 8 heteroatoms. The van der Waals surface area contributed by atoms with E-state index in [2.05, 4.69) is 15.9 Å². The Bertz CT molecular complexity index is 793. The minimum Gasteiger partial charge on any atom is -0.451 e. The number of nitrogens with zero attached hydrogens (tertiary/aromatic N) is 1. The molecule has 0 N–H and O–H groups in total. The van der Waals surface area contributed by atoms with E-state index in [1.807, 2.05) is 0 Å². The average Bonchev–Trinajstić information content (AvgIpc) is 3.02. The molecule has 124 valence electrons. The Morgan fingerprint density at radius 2 is 1.92 bits per heavy atom. The maximum Gasteiger partial charge on any atom is 0.433 e. The van der Waals surface area contributed by atoms with Crippen LogP contribution in [0.25, 0.3) is 6.08 Å². The van der Waals surface area contributed by atoms with Crippen molar-refractivity contribution in [2.45, 2.75) is 13.0 Å². The number of nitro groups is 1. The Morgan fingerprint density at radius 3 is 2.50 bits per heavy atom. The first-order valence-electron chi connectivity index (χ1n) is 6.79. The molecule has 0 spiro atoms. The van der Waals surface area contributed by atoms with Crippen LogP contribution in [-0.4, -0.2) is 22.8 Å². The number of esters is 1. The predicted molar refractivity (Wildman–Crippen MR) is 88.4 cm³/mol. The largest absolute Gasteiger partial charge is 0.451 e. The summed E-state index contributed by atoms with van der Waals surface area (Å²) >= 11 is 3.27. The number of furan rings is 1. The fourth-order valence-corrected chi connectivity index (χ4v) is 2.06. The number of hydrogen-bond donors (Lipinski definition) is 0. The fraction of sp³-hybridized carbons (Fsp3) is 0.125. The van der Waals surface area contributed by atoms with Gasteiger partial charge in [0.1, 0.15) is 10.7 Å². The Kier molecular flexibility index (Phi) is 5.64. The highest BCUT2D eigenvalue weighted by Crippen LogP contribution is 2.17. The highest BCUT2D eigenvalue weighted by molar-refractivity contribution is 9.10. The maximum absolute atomic E-state index is 12.1. The zero-order chi connectivity index (χ0) is 17.7. The van der Waals surface area contributed by atoms with Crippen LogP contribution in [0.3, 0.4) is 0 Å². The summed E-state index contributed by atoms with van der Waals surface area (Å²) in [6, 6.07) is 9.18. The van der Waals surface area contributed by atoms with E-state index >= 15 is 0 Å². The molecule has 0 amide bonds. The maximum atomic E-state index is 12.1. The Morgan fingerprint density at radius 1 is 1.25 bits per heavy atom. The molecule has 7 nitrogen and oxygen atoms in total. The van der Waals surface area contributed by atoms with Crippen LogP contribution in [0.1, 0.15) is 23.0 Å². The van der Waals surface area contributed by atoms with Crippen molar-refractivity contribution in [2.24, 2.45) is 0 Å². The molecule has 0 radical (unpaired) electrons. The van der Waals surface area contributed by atoms with E-state index < -0.39 is 22.9 Å². The number of ketones is 1. The van der Waals surface area contributed by atoms with Gasteiger partial charge in [-0.3, -0.25) is 14.9 Å². The van der Waals surface area contributed by atoms with E-state index in [0.29, 0.717) is 5.56 Å². The number of carbonyl (C=O) groups excluding carboxylic acids is 2. The summed E-state index contributed by atoms with van der Waals surface area (Å²) in [5.74, 6) is -1.39. The lowest BCUT2D eigenvalue weighted by atomic mass is 10.1. The molecule has 1 aromatic heterocycles. The summed E-state index contributed by atoms with van der Waals surface area (Å²) in [6.07, 6.45) is 1.30. The van der Waals surface area contributed by atoms with Crippen molar-refractivity contribution in [3.63, 3.8) is 0 Å². The first-order chi connectivity index (χ1) is 11.4. The first kappa shape index (κ1) is 17.6. The summed E-state index contributed by atoms with van der Waals surface area (Å²) in [7, 11) is 0. The molecule has 0 fully saturated rings. The van der Waals surface area contributed by atoms with Crippen LogP contribution in [0.5, 0.6) is 0 Å². The van der Waals surface area contributed by atoms with Crippen molar-refractivity contribution >= 4 is 39.6 Å². The number of carbonyl (C=O) groups is 2. The lowest BCUT2D eigenvalue weighted by Gasteiger charge is -2.10. The topological polar surface area (TPSA) is 99.7 Å². The third-order valence-electron chi connectivity index (χ3n) is 2.97. The van der Waals surface area contributed by atoms with Gasteiger partial charge in [-0.1, -0.05) is 28.1 Å². The van der Waals surface area contributed by atoms with Gasteiger partial charge >= 0.3 is 11.9 Å². The van der Waals surface area contributed by atoms with E-state index in [0.717, 1.165) is 10.5 Å². The molecule has 0 saturated carbocycles. The number of halogens is 1. The van der Waals surface area contributed by atoms with Crippen LogP contribution in [-0.2, 0) is 9.53 Å². The van der Waals surface area contributed by atoms with Gasteiger partial charge in [0.05, 0.1) is 6.07 Å². The summed E-state index contributed by atoms with van der Waals surface area (Å²) in [4.78, 5) is 33.6. The standard InChI is InChI=1S/C16H12BrNO6/c1-10(16(20)11-2-4-12(17)5-3-11)23-15(19)9-7-13-6-8-14(24-13)18(21)22/h2-10H,1H3/b9-7+/t10-/m0/s1. The van der Waals surface area contributed by atoms with Crippen LogP contribution < -0.4 is 0 Å². The molecule has 0 aliphatic rings. The van der Waals surface area contributed by atoms with Crippen molar-refractivity contribution in [3.8, 4) is 0 Å². The van der Waals surface area contributed by atoms with Gasteiger partial charge in [0, 0.05) is 16.1 Å². The third kappa shape index (κ3) is 4.63. The number of Topliss-reactive ketones (excluding diaryl/α,β-unsaturated/α-hetero) is 1. The summed E-state index contributed by atoms with van der Waals surface area (Å²) < 4.78 is 10.7. The van der Waals surface area contributed by atoms with Gasteiger partial charge in [0.2, 0.25) is 5.78 Å². The van der Waals surface area contributed by atoms with Crippen molar-refractivity contribution in [3.05, 3.63) is 68.4 Å². The van der Waals surface area contributed by atoms with Crippen molar-refractivity contribution < 1.29 is 23.7 Å². The summed E-state index contributed by atoms with van der Waals surface area (Å²) in [5, 5.41) is 10.5. The van der Waals surface area contributed by atoms with Gasteiger partial charge in [-0.15, -0.1) is 0 Å².